The van der Waals surface area contributed by atoms with Gasteiger partial charge in [0.25, 0.3) is 11.7 Å². The van der Waals surface area contributed by atoms with Gasteiger partial charge in [0.05, 0.1) is 11.3 Å². The van der Waals surface area contributed by atoms with Crippen molar-refractivity contribution in [2.24, 2.45) is 0 Å². The molecule has 0 aliphatic heterocycles. The van der Waals surface area contributed by atoms with E-state index >= 15 is 0 Å². The molecule has 0 fully saturated rings. The van der Waals surface area contributed by atoms with E-state index in [9.17, 15) is 13.6 Å². The van der Waals surface area contributed by atoms with Gasteiger partial charge in [-0.2, -0.15) is 8.78 Å². The highest BCUT2D eigenvalue weighted by Crippen LogP contribution is 2.30. The van der Waals surface area contributed by atoms with Crippen molar-refractivity contribution in [3.05, 3.63) is 71.7 Å². The predicted octanol–water partition coefficient (Wildman–Crippen LogP) is 5.93. The number of alkyl halides is 2. The SMILES string of the molecule is O=C(Nc1nc(-c2ccc3ccccc3c2)cs1)c1cccnc1SC(F)F. The number of hydrogen-bond donors (Lipinski definition) is 1. The quantitative estimate of drug-likeness (QED) is 0.412. The Bertz CT molecular complexity index is 1150. The number of hydrogen-bond acceptors (Lipinski definition) is 5. The van der Waals surface area contributed by atoms with Crippen LogP contribution in [0.1, 0.15) is 10.4 Å². The molecule has 2 aromatic carbocycles. The minimum Gasteiger partial charge on any atom is -0.298 e. The number of thiazole rings is 1. The number of nitrogens with one attached hydrogen (secondary N) is 1. The van der Waals surface area contributed by atoms with Crippen LogP contribution in [-0.2, 0) is 0 Å². The summed E-state index contributed by atoms with van der Waals surface area (Å²) >= 11 is 1.52. The number of benzene rings is 2. The number of anilines is 1. The van der Waals surface area contributed by atoms with Crippen molar-refractivity contribution in [2.75, 3.05) is 5.32 Å². The Balaban J connectivity index is 1.55. The maximum atomic E-state index is 12.7. The zero-order chi connectivity index (χ0) is 19.5. The minimum atomic E-state index is -2.65. The molecule has 2 heterocycles. The summed E-state index contributed by atoms with van der Waals surface area (Å²) in [6, 6.07) is 17.0. The predicted molar refractivity (Wildman–Crippen MR) is 109 cm³/mol. The second kappa shape index (κ2) is 8.04. The Morgan fingerprint density at radius 1 is 1.07 bits per heavy atom. The lowest BCUT2D eigenvalue weighted by atomic mass is 10.1. The molecule has 4 nitrogen and oxygen atoms in total. The van der Waals surface area contributed by atoms with E-state index in [1.165, 1.54) is 29.7 Å². The monoisotopic (exact) mass is 413 g/mol. The molecule has 0 aliphatic carbocycles. The summed E-state index contributed by atoms with van der Waals surface area (Å²) in [6.07, 6.45) is 1.38. The molecule has 0 bridgehead atoms. The zero-order valence-corrected chi connectivity index (χ0v) is 15.9. The van der Waals surface area contributed by atoms with Crippen LogP contribution in [0.4, 0.5) is 13.9 Å². The van der Waals surface area contributed by atoms with Crippen LogP contribution in [0.2, 0.25) is 0 Å². The first-order valence-corrected chi connectivity index (χ1v) is 10.0. The number of fused-ring (bicyclic) bond motifs is 1. The van der Waals surface area contributed by atoms with E-state index in [1.807, 2.05) is 47.8 Å². The van der Waals surface area contributed by atoms with Crippen LogP contribution < -0.4 is 5.32 Å². The molecule has 4 rings (SSSR count). The number of carbonyl (C=O) groups excluding carboxylic acids is 1. The average molecular weight is 413 g/mol. The fraction of sp³-hybridized carbons (Fsp3) is 0.0500. The molecule has 0 aliphatic rings. The molecule has 8 heteroatoms. The van der Waals surface area contributed by atoms with E-state index in [-0.39, 0.29) is 22.4 Å². The highest BCUT2D eigenvalue weighted by atomic mass is 32.2. The molecule has 0 atom stereocenters. The van der Waals surface area contributed by atoms with E-state index in [2.05, 4.69) is 15.3 Å². The molecule has 28 heavy (non-hydrogen) atoms. The van der Waals surface area contributed by atoms with Crippen molar-refractivity contribution in [2.45, 2.75) is 10.8 Å². The van der Waals surface area contributed by atoms with E-state index in [4.69, 9.17) is 0 Å². The molecule has 1 N–H and O–H groups in total. The molecule has 2 aromatic heterocycles. The van der Waals surface area contributed by atoms with Crippen molar-refractivity contribution in [3.63, 3.8) is 0 Å². The van der Waals surface area contributed by atoms with Crippen LogP contribution >= 0.6 is 23.1 Å². The molecule has 0 saturated carbocycles. The van der Waals surface area contributed by atoms with Gasteiger partial charge in [-0.15, -0.1) is 11.3 Å². The van der Waals surface area contributed by atoms with E-state index in [1.54, 1.807) is 0 Å². The number of rotatable bonds is 5. The van der Waals surface area contributed by atoms with E-state index < -0.39 is 11.7 Å². The van der Waals surface area contributed by atoms with Gasteiger partial charge < -0.3 is 0 Å². The molecule has 140 valence electrons. The first-order chi connectivity index (χ1) is 13.6. The van der Waals surface area contributed by atoms with Gasteiger partial charge in [0.15, 0.2) is 5.13 Å². The Morgan fingerprint density at radius 3 is 2.71 bits per heavy atom. The van der Waals surface area contributed by atoms with Crippen molar-refractivity contribution in [3.8, 4) is 11.3 Å². The lowest BCUT2D eigenvalue weighted by molar-refractivity contribution is 0.102. The maximum Gasteiger partial charge on any atom is 0.290 e. The van der Waals surface area contributed by atoms with Crippen molar-refractivity contribution in [1.29, 1.82) is 0 Å². The third-order valence-electron chi connectivity index (χ3n) is 3.99. The first-order valence-electron chi connectivity index (χ1n) is 8.26. The Kier molecular flexibility index (Phi) is 5.31. The topological polar surface area (TPSA) is 54.9 Å². The normalized spacial score (nSPS) is 11.1. The van der Waals surface area contributed by atoms with Crippen LogP contribution in [0.5, 0.6) is 0 Å². The second-order valence-corrected chi connectivity index (χ2v) is 7.63. The Morgan fingerprint density at radius 2 is 1.89 bits per heavy atom. The van der Waals surface area contributed by atoms with Crippen molar-refractivity contribution < 1.29 is 13.6 Å². The third-order valence-corrected chi connectivity index (χ3v) is 5.47. The lowest BCUT2D eigenvalue weighted by Gasteiger charge is -2.06. The lowest BCUT2D eigenvalue weighted by Crippen LogP contribution is -2.13. The molecule has 0 radical (unpaired) electrons. The van der Waals surface area contributed by atoms with Gasteiger partial charge >= 0.3 is 0 Å². The average Bonchev–Trinajstić information content (AvgIpc) is 3.16. The first kappa shape index (κ1) is 18.5. The summed E-state index contributed by atoms with van der Waals surface area (Å²) in [6.45, 7) is 0. The molecule has 4 aromatic rings. The molecule has 0 unspecified atom stereocenters. The summed E-state index contributed by atoms with van der Waals surface area (Å²) < 4.78 is 25.3. The zero-order valence-electron chi connectivity index (χ0n) is 14.3. The summed E-state index contributed by atoms with van der Waals surface area (Å²) in [4.78, 5) is 20.8. The molecule has 0 spiro atoms. The standard InChI is InChI=1S/C20H13F2N3OS2/c21-19(22)28-18-15(6-3-9-23-18)17(26)25-20-24-16(11-27-20)14-8-7-12-4-1-2-5-13(12)10-14/h1-11,19H,(H,24,25,26). The third kappa shape index (κ3) is 4.02. The Hall–Kier alpha value is -2.84. The van der Waals surface area contributed by atoms with Gasteiger partial charge in [-0.25, -0.2) is 9.97 Å². The summed E-state index contributed by atoms with van der Waals surface area (Å²) in [5.74, 6) is -3.17. The van der Waals surface area contributed by atoms with Crippen LogP contribution in [0.3, 0.4) is 0 Å². The largest absolute Gasteiger partial charge is 0.298 e. The number of amides is 1. The number of halogens is 2. The van der Waals surface area contributed by atoms with Gasteiger partial charge in [0, 0.05) is 17.1 Å². The van der Waals surface area contributed by atoms with Crippen molar-refractivity contribution >= 4 is 44.9 Å². The summed E-state index contributed by atoms with van der Waals surface area (Å²) in [7, 11) is 0. The Labute approximate surface area is 167 Å². The molecular formula is C20H13F2N3OS2. The second-order valence-electron chi connectivity index (χ2n) is 5.79. The van der Waals surface area contributed by atoms with Gasteiger partial charge in [-0.05, 0) is 40.7 Å². The smallest absolute Gasteiger partial charge is 0.290 e. The molecule has 1 amide bonds. The highest BCUT2D eigenvalue weighted by molar-refractivity contribution is 7.99. The fourth-order valence-electron chi connectivity index (χ4n) is 2.72. The maximum absolute atomic E-state index is 12.7. The highest BCUT2D eigenvalue weighted by Gasteiger charge is 2.18. The number of aromatic nitrogens is 2. The van der Waals surface area contributed by atoms with Crippen LogP contribution in [0, 0.1) is 0 Å². The minimum absolute atomic E-state index is 0.0127. The number of carbonyl (C=O) groups is 1. The van der Waals surface area contributed by atoms with Gasteiger partial charge in [0.1, 0.15) is 5.03 Å². The van der Waals surface area contributed by atoms with E-state index in [0.29, 0.717) is 5.13 Å². The van der Waals surface area contributed by atoms with E-state index in [0.717, 1.165) is 22.0 Å². The number of nitrogens with zero attached hydrogens (tertiary/aromatic N) is 2. The van der Waals surface area contributed by atoms with Crippen LogP contribution in [-0.4, -0.2) is 21.6 Å². The molecular weight excluding hydrogens is 400 g/mol. The number of thioether (sulfide) groups is 1. The number of pyridine rings is 1. The van der Waals surface area contributed by atoms with Crippen LogP contribution in [0.25, 0.3) is 22.0 Å². The summed E-state index contributed by atoms with van der Waals surface area (Å²) in [5, 5.41) is 7.13. The van der Waals surface area contributed by atoms with Crippen molar-refractivity contribution in [1.82, 2.24) is 9.97 Å². The van der Waals surface area contributed by atoms with Crippen LogP contribution in [0.15, 0.2) is 71.2 Å². The summed E-state index contributed by atoms with van der Waals surface area (Å²) in [5.41, 5.74) is 1.76. The van der Waals surface area contributed by atoms with Gasteiger partial charge in [-0.3, -0.25) is 10.1 Å². The van der Waals surface area contributed by atoms with Gasteiger partial charge in [-0.1, -0.05) is 36.4 Å². The molecule has 0 saturated heterocycles. The fourth-order valence-corrected chi connectivity index (χ4v) is 4.01. The van der Waals surface area contributed by atoms with Gasteiger partial charge in [0.2, 0.25) is 0 Å².